The van der Waals surface area contributed by atoms with E-state index in [0.717, 1.165) is 30.8 Å². The molecule has 3 rings (SSSR count). The minimum absolute atomic E-state index is 0.708. The molecule has 1 N–H and O–H groups in total. The quantitative estimate of drug-likeness (QED) is 0.458. The molecule has 132 valence electrons. The molecule has 0 saturated heterocycles. The molecule has 2 aromatic rings. The summed E-state index contributed by atoms with van der Waals surface area (Å²) in [6.45, 7) is 4.02. The van der Waals surface area contributed by atoms with Crippen LogP contribution in [0.2, 0.25) is 0 Å². The third-order valence-corrected chi connectivity index (χ3v) is 5.53. The van der Waals surface area contributed by atoms with Crippen molar-refractivity contribution < 1.29 is 5.21 Å². The summed E-state index contributed by atoms with van der Waals surface area (Å²) in [7, 11) is 4.22. The number of benzene rings is 2. The molecule has 25 heavy (non-hydrogen) atoms. The molecule has 0 unspecified atom stereocenters. The van der Waals surface area contributed by atoms with Gasteiger partial charge in [0.2, 0.25) is 0 Å². The van der Waals surface area contributed by atoms with E-state index in [1.165, 1.54) is 21.2 Å². The molecule has 2 aromatic carbocycles. The number of hydrogen-bond donors (Lipinski definition) is 1. The first-order valence-electron chi connectivity index (χ1n) is 8.68. The van der Waals surface area contributed by atoms with Crippen molar-refractivity contribution in [1.82, 2.24) is 4.90 Å². The first kappa shape index (κ1) is 17.8. The van der Waals surface area contributed by atoms with Gasteiger partial charge in [0.1, 0.15) is 0 Å². The molecule has 0 aromatic heterocycles. The first-order chi connectivity index (χ1) is 12.1. The van der Waals surface area contributed by atoms with Crippen LogP contribution < -0.4 is 4.90 Å². The molecule has 1 aliphatic heterocycles. The average Bonchev–Trinajstić information content (AvgIpc) is 2.62. The Morgan fingerprint density at radius 3 is 2.60 bits per heavy atom. The topological polar surface area (TPSA) is 39.1 Å². The van der Waals surface area contributed by atoms with Crippen molar-refractivity contribution in [2.24, 2.45) is 5.16 Å². The van der Waals surface area contributed by atoms with Crippen molar-refractivity contribution in [2.45, 2.75) is 29.6 Å². The van der Waals surface area contributed by atoms with Gasteiger partial charge in [-0.15, -0.1) is 0 Å². The standard InChI is InChI=1S/C20H25N3OS/c1-4-16(21-24)15-10-11-20-18(14-15)23(13-7-12-22(2)3)17-8-5-6-9-19(17)25-20/h5-6,8-11,14,24H,4,7,12-13H2,1-3H3. The Balaban J connectivity index is 1.99. The number of fused-ring (bicyclic) bond motifs is 2. The van der Waals surface area contributed by atoms with Crippen LogP contribution in [0.5, 0.6) is 0 Å². The van der Waals surface area contributed by atoms with Gasteiger partial charge in [-0.1, -0.05) is 42.0 Å². The maximum Gasteiger partial charge on any atom is 0.0865 e. The molecular weight excluding hydrogens is 330 g/mol. The molecule has 0 saturated carbocycles. The maximum absolute atomic E-state index is 9.27. The Hall–Kier alpha value is -1.98. The zero-order valence-corrected chi connectivity index (χ0v) is 15.9. The first-order valence-corrected chi connectivity index (χ1v) is 9.50. The Morgan fingerprint density at radius 1 is 1.12 bits per heavy atom. The van der Waals surface area contributed by atoms with Crippen LogP contribution in [0.3, 0.4) is 0 Å². The number of anilines is 2. The van der Waals surface area contributed by atoms with E-state index in [0.29, 0.717) is 6.42 Å². The summed E-state index contributed by atoms with van der Waals surface area (Å²) in [4.78, 5) is 7.16. The van der Waals surface area contributed by atoms with Crippen LogP contribution in [0.1, 0.15) is 25.3 Å². The van der Waals surface area contributed by atoms with Gasteiger partial charge in [0, 0.05) is 21.9 Å². The predicted octanol–water partition coefficient (Wildman–Crippen LogP) is 4.83. The third kappa shape index (κ3) is 3.83. The van der Waals surface area contributed by atoms with Crippen LogP contribution in [0.15, 0.2) is 57.4 Å². The van der Waals surface area contributed by atoms with Crippen molar-refractivity contribution in [1.29, 1.82) is 0 Å². The molecule has 1 heterocycles. The molecule has 0 radical (unpaired) electrons. The summed E-state index contributed by atoms with van der Waals surface area (Å²) < 4.78 is 0. The summed E-state index contributed by atoms with van der Waals surface area (Å²) in [5.74, 6) is 0. The highest BCUT2D eigenvalue weighted by molar-refractivity contribution is 7.99. The summed E-state index contributed by atoms with van der Waals surface area (Å²) in [6.07, 6.45) is 1.80. The minimum Gasteiger partial charge on any atom is -0.411 e. The number of oxime groups is 1. The number of para-hydroxylation sites is 1. The van der Waals surface area contributed by atoms with Gasteiger partial charge in [-0.05, 0) is 57.7 Å². The average molecular weight is 356 g/mol. The molecule has 0 amide bonds. The number of hydrogen-bond acceptors (Lipinski definition) is 5. The van der Waals surface area contributed by atoms with E-state index >= 15 is 0 Å². The molecule has 4 nitrogen and oxygen atoms in total. The molecule has 0 bridgehead atoms. The largest absolute Gasteiger partial charge is 0.411 e. The van der Waals surface area contributed by atoms with Gasteiger partial charge < -0.3 is 15.0 Å². The second-order valence-corrected chi connectivity index (χ2v) is 7.54. The number of rotatable bonds is 6. The Kier molecular flexibility index (Phi) is 5.66. The van der Waals surface area contributed by atoms with E-state index < -0.39 is 0 Å². The van der Waals surface area contributed by atoms with Crippen molar-refractivity contribution in [2.75, 3.05) is 32.1 Å². The summed E-state index contributed by atoms with van der Waals surface area (Å²) >= 11 is 1.81. The Labute approximate surface area is 154 Å². The van der Waals surface area contributed by atoms with E-state index in [1.54, 1.807) is 0 Å². The zero-order valence-electron chi connectivity index (χ0n) is 15.1. The van der Waals surface area contributed by atoms with Gasteiger partial charge in [0.15, 0.2) is 0 Å². The van der Waals surface area contributed by atoms with Crippen molar-refractivity contribution >= 4 is 28.8 Å². The Morgan fingerprint density at radius 2 is 1.88 bits per heavy atom. The maximum atomic E-state index is 9.27. The summed E-state index contributed by atoms with van der Waals surface area (Å²) in [6, 6.07) is 14.9. The van der Waals surface area contributed by atoms with Crippen LogP contribution in [-0.4, -0.2) is 43.0 Å². The molecule has 5 heteroatoms. The Bertz CT molecular complexity index is 773. The fourth-order valence-electron chi connectivity index (χ4n) is 3.13. The van der Waals surface area contributed by atoms with Gasteiger partial charge in [-0.3, -0.25) is 0 Å². The van der Waals surface area contributed by atoms with Crippen LogP contribution in [0.25, 0.3) is 0 Å². The van der Waals surface area contributed by atoms with Gasteiger partial charge in [-0.2, -0.15) is 0 Å². The van der Waals surface area contributed by atoms with Crippen molar-refractivity contribution in [3.8, 4) is 0 Å². The molecule has 0 atom stereocenters. The van der Waals surface area contributed by atoms with Crippen molar-refractivity contribution in [3.05, 3.63) is 48.0 Å². The lowest BCUT2D eigenvalue weighted by molar-refractivity contribution is 0.318. The fourth-order valence-corrected chi connectivity index (χ4v) is 4.20. The highest BCUT2D eigenvalue weighted by atomic mass is 32.2. The number of nitrogens with zero attached hydrogens (tertiary/aromatic N) is 3. The summed E-state index contributed by atoms with van der Waals surface area (Å²) in [5, 5.41) is 12.7. The molecule has 0 spiro atoms. The molecule has 1 aliphatic rings. The second kappa shape index (κ2) is 7.93. The van der Waals surface area contributed by atoms with Gasteiger partial charge in [0.25, 0.3) is 0 Å². The van der Waals surface area contributed by atoms with E-state index in [4.69, 9.17) is 0 Å². The highest BCUT2D eigenvalue weighted by Crippen LogP contribution is 2.48. The van der Waals surface area contributed by atoms with Crippen LogP contribution in [0.4, 0.5) is 11.4 Å². The van der Waals surface area contributed by atoms with E-state index in [9.17, 15) is 5.21 Å². The lowest BCUT2D eigenvalue weighted by Gasteiger charge is -2.33. The lowest BCUT2D eigenvalue weighted by atomic mass is 10.1. The fraction of sp³-hybridized carbons (Fsp3) is 0.350. The molecule has 0 fully saturated rings. The van der Waals surface area contributed by atoms with Crippen LogP contribution in [0, 0.1) is 0 Å². The second-order valence-electron chi connectivity index (χ2n) is 6.46. The lowest BCUT2D eigenvalue weighted by Crippen LogP contribution is -2.25. The predicted molar refractivity (Wildman–Crippen MR) is 106 cm³/mol. The van der Waals surface area contributed by atoms with Gasteiger partial charge >= 0.3 is 0 Å². The SMILES string of the molecule is CCC(=NO)c1ccc2c(c1)N(CCCN(C)C)c1ccccc1S2. The normalized spacial score (nSPS) is 13.8. The summed E-state index contributed by atoms with van der Waals surface area (Å²) in [5.41, 5.74) is 4.17. The highest BCUT2D eigenvalue weighted by Gasteiger charge is 2.23. The monoisotopic (exact) mass is 355 g/mol. The minimum atomic E-state index is 0.708. The van der Waals surface area contributed by atoms with E-state index in [2.05, 4.69) is 71.5 Å². The van der Waals surface area contributed by atoms with Crippen LogP contribution in [-0.2, 0) is 0 Å². The van der Waals surface area contributed by atoms with Crippen LogP contribution >= 0.6 is 11.8 Å². The zero-order chi connectivity index (χ0) is 17.8. The van der Waals surface area contributed by atoms with Gasteiger partial charge in [0.05, 0.1) is 17.1 Å². The van der Waals surface area contributed by atoms with E-state index in [-0.39, 0.29) is 0 Å². The van der Waals surface area contributed by atoms with Crippen molar-refractivity contribution in [3.63, 3.8) is 0 Å². The molecule has 0 aliphatic carbocycles. The smallest absolute Gasteiger partial charge is 0.0865 e. The molecular formula is C20H25N3OS. The van der Waals surface area contributed by atoms with Gasteiger partial charge in [-0.25, -0.2) is 0 Å². The van der Waals surface area contributed by atoms with E-state index in [1.807, 2.05) is 18.7 Å². The third-order valence-electron chi connectivity index (χ3n) is 4.40.